The maximum absolute atomic E-state index is 11.9. The molecule has 1 atom stereocenters. The van der Waals surface area contributed by atoms with Crippen LogP contribution in [0.3, 0.4) is 0 Å². The van der Waals surface area contributed by atoms with Crippen LogP contribution < -0.4 is 5.32 Å². The second-order valence-corrected chi connectivity index (χ2v) is 7.21. The van der Waals surface area contributed by atoms with E-state index in [1.165, 1.54) is 17.3 Å². The molecule has 2 aromatic carbocycles. The largest absolute Gasteiger partial charge is 0.455 e. The van der Waals surface area contributed by atoms with Crippen LogP contribution in [-0.2, 0) is 14.3 Å². The number of esters is 1. The van der Waals surface area contributed by atoms with E-state index in [0.29, 0.717) is 11.6 Å². The number of carbonyl (C=O) groups excluding carboxylic acids is 2. The van der Waals surface area contributed by atoms with Gasteiger partial charge in [0.15, 0.2) is 6.61 Å². The Labute approximate surface area is 159 Å². The summed E-state index contributed by atoms with van der Waals surface area (Å²) in [6.07, 6.45) is 1.07. The number of benzene rings is 2. The SMILES string of the molecule is CC[C@@H](C)c1ccc(NC(=O)COC(=O)CSc2ccccc2C)cc1. The molecule has 0 bridgehead atoms. The number of hydrogen-bond acceptors (Lipinski definition) is 4. The standard InChI is InChI=1S/C21H25NO3S/c1-4-15(2)17-9-11-18(12-10-17)22-20(23)13-25-21(24)14-26-19-8-6-5-7-16(19)3/h5-12,15H,4,13-14H2,1-3H3,(H,22,23)/t15-/m1/s1. The van der Waals surface area contributed by atoms with E-state index in [2.05, 4.69) is 19.2 Å². The van der Waals surface area contributed by atoms with Gasteiger partial charge in [0.05, 0.1) is 5.75 Å². The van der Waals surface area contributed by atoms with Crippen LogP contribution >= 0.6 is 11.8 Å². The number of ether oxygens (including phenoxy) is 1. The van der Waals surface area contributed by atoms with Crippen LogP contribution in [0.2, 0.25) is 0 Å². The van der Waals surface area contributed by atoms with Crippen molar-refractivity contribution in [2.75, 3.05) is 17.7 Å². The molecule has 1 amide bonds. The number of hydrogen-bond donors (Lipinski definition) is 1. The third-order valence-electron chi connectivity index (χ3n) is 4.18. The summed E-state index contributed by atoms with van der Waals surface area (Å²) < 4.78 is 5.05. The molecule has 0 saturated carbocycles. The lowest BCUT2D eigenvalue weighted by Gasteiger charge is -2.11. The lowest BCUT2D eigenvalue weighted by Crippen LogP contribution is -2.21. The molecule has 0 aliphatic heterocycles. The fraction of sp³-hybridized carbons (Fsp3) is 0.333. The summed E-state index contributed by atoms with van der Waals surface area (Å²) in [6, 6.07) is 15.6. The molecule has 0 spiro atoms. The molecule has 1 N–H and O–H groups in total. The van der Waals surface area contributed by atoms with Gasteiger partial charge in [0.2, 0.25) is 0 Å². The Morgan fingerprint density at radius 1 is 1.12 bits per heavy atom. The molecule has 2 aromatic rings. The maximum Gasteiger partial charge on any atom is 0.316 e. The maximum atomic E-state index is 11.9. The van der Waals surface area contributed by atoms with Gasteiger partial charge in [-0.25, -0.2) is 0 Å². The summed E-state index contributed by atoms with van der Waals surface area (Å²) >= 11 is 1.41. The van der Waals surface area contributed by atoms with E-state index in [-0.39, 0.29) is 18.3 Å². The molecule has 0 radical (unpaired) electrons. The van der Waals surface area contributed by atoms with Gasteiger partial charge in [0.1, 0.15) is 0 Å². The highest BCUT2D eigenvalue weighted by atomic mass is 32.2. The minimum absolute atomic E-state index is 0.182. The van der Waals surface area contributed by atoms with E-state index < -0.39 is 5.97 Å². The molecule has 4 nitrogen and oxygen atoms in total. The normalized spacial score (nSPS) is 11.7. The van der Waals surface area contributed by atoms with Gasteiger partial charge in [-0.05, 0) is 48.6 Å². The molecule has 0 unspecified atom stereocenters. The first-order valence-electron chi connectivity index (χ1n) is 8.73. The molecular formula is C21H25NO3S. The highest BCUT2D eigenvalue weighted by Gasteiger charge is 2.10. The highest BCUT2D eigenvalue weighted by molar-refractivity contribution is 8.00. The predicted octanol–water partition coefficient (Wildman–Crippen LogP) is 4.78. The first kappa shape index (κ1) is 20.0. The quantitative estimate of drug-likeness (QED) is 0.536. The van der Waals surface area contributed by atoms with Gasteiger partial charge in [0.25, 0.3) is 5.91 Å². The molecule has 0 aliphatic carbocycles. The van der Waals surface area contributed by atoms with Gasteiger partial charge in [-0.1, -0.05) is 44.2 Å². The lowest BCUT2D eigenvalue weighted by atomic mass is 9.99. The van der Waals surface area contributed by atoms with Crippen molar-refractivity contribution < 1.29 is 14.3 Å². The van der Waals surface area contributed by atoms with Gasteiger partial charge < -0.3 is 10.1 Å². The summed E-state index contributed by atoms with van der Waals surface area (Å²) in [5.41, 5.74) is 3.06. The number of anilines is 1. The number of thioether (sulfide) groups is 1. The van der Waals surface area contributed by atoms with Crippen molar-refractivity contribution in [3.8, 4) is 0 Å². The molecule has 0 saturated heterocycles. The molecule has 0 aliphatic rings. The minimum atomic E-state index is -0.402. The van der Waals surface area contributed by atoms with Gasteiger partial charge in [-0.3, -0.25) is 9.59 Å². The second kappa shape index (κ2) is 10.0. The fourth-order valence-corrected chi connectivity index (χ4v) is 3.20. The smallest absolute Gasteiger partial charge is 0.316 e. The summed E-state index contributed by atoms with van der Waals surface area (Å²) in [4.78, 5) is 24.8. The van der Waals surface area contributed by atoms with Crippen LogP contribution in [-0.4, -0.2) is 24.2 Å². The molecule has 0 fully saturated rings. The molecule has 138 valence electrons. The molecule has 2 rings (SSSR count). The third-order valence-corrected chi connectivity index (χ3v) is 5.33. The number of amides is 1. The van der Waals surface area contributed by atoms with E-state index >= 15 is 0 Å². The number of aryl methyl sites for hydroxylation is 1. The topological polar surface area (TPSA) is 55.4 Å². The summed E-state index contributed by atoms with van der Waals surface area (Å²) in [5.74, 6) is -0.0654. The Balaban J connectivity index is 1.74. The zero-order valence-electron chi connectivity index (χ0n) is 15.5. The highest BCUT2D eigenvalue weighted by Crippen LogP contribution is 2.22. The van der Waals surface area contributed by atoms with E-state index in [0.717, 1.165) is 16.9 Å². The van der Waals surface area contributed by atoms with Crippen LogP contribution in [0, 0.1) is 6.92 Å². The van der Waals surface area contributed by atoms with Crippen molar-refractivity contribution >= 4 is 29.3 Å². The first-order chi connectivity index (χ1) is 12.5. The van der Waals surface area contributed by atoms with Gasteiger partial charge >= 0.3 is 5.97 Å². The van der Waals surface area contributed by atoms with Crippen LogP contribution in [0.15, 0.2) is 53.4 Å². The Morgan fingerprint density at radius 2 is 1.81 bits per heavy atom. The average Bonchev–Trinajstić information content (AvgIpc) is 2.65. The molecule has 5 heteroatoms. The molecule has 0 aromatic heterocycles. The minimum Gasteiger partial charge on any atom is -0.455 e. The van der Waals surface area contributed by atoms with Crippen molar-refractivity contribution in [1.82, 2.24) is 0 Å². The second-order valence-electron chi connectivity index (χ2n) is 6.19. The molecular weight excluding hydrogens is 346 g/mol. The summed E-state index contributed by atoms with van der Waals surface area (Å²) in [6.45, 7) is 6.03. The van der Waals surface area contributed by atoms with Crippen LogP contribution in [0.1, 0.15) is 37.3 Å². The van der Waals surface area contributed by atoms with Crippen molar-refractivity contribution in [1.29, 1.82) is 0 Å². The van der Waals surface area contributed by atoms with Gasteiger partial charge in [-0.15, -0.1) is 11.8 Å². The van der Waals surface area contributed by atoms with Crippen LogP contribution in [0.25, 0.3) is 0 Å². The van der Waals surface area contributed by atoms with Crippen LogP contribution in [0.5, 0.6) is 0 Å². The fourth-order valence-electron chi connectivity index (χ4n) is 2.37. The van der Waals surface area contributed by atoms with E-state index in [9.17, 15) is 9.59 Å². The summed E-state index contributed by atoms with van der Waals surface area (Å²) in [5, 5.41) is 2.74. The Kier molecular flexibility index (Phi) is 7.73. The van der Waals surface area contributed by atoms with Crippen LogP contribution in [0.4, 0.5) is 5.69 Å². The molecule has 26 heavy (non-hydrogen) atoms. The number of nitrogens with one attached hydrogen (secondary N) is 1. The zero-order valence-corrected chi connectivity index (χ0v) is 16.3. The van der Waals surface area contributed by atoms with Crippen molar-refractivity contribution in [3.63, 3.8) is 0 Å². The lowest BCUT2D eigenvalue weighted by molar-refractivity contribution is -0.144. The van der Waals surface area contributed by atoms with Crippen molar-refractivity contribution in [3.05, 3.63) is 59.7 Å². The Morgan fingerprint density at radius 3 is 2.46 bits per heavy atom. The number of carbonyl (C=O) groups is 2. The zero-order chi connectivity index (χ0) is 18.9. The van der Waals surface area contributed by atoms with E-state index in [1.54, 1.807) is 0 Å². The Hall–Kier alpha value is -2.27. The van der Waals surface area contributed by atoms with Gasteiger partial charge in [0, 0.05) is 10.6 Å². The van der Waals surface area contributed by atoms with E-state index in [1.807, 2.05) is 55.5 Å². The van der Waals surface area contributed by atoms with Gasteiger partial charge in [-0.2, -0.15) is 0 Å². The monoisotopic (exact) mass is 371 g/mol. The predicted molar refractivity (Wildman–Crippen MR) is 107 cm³/mol. The van der Waals surface area contributed by atoms with Crippen molar-refractivity contribution in [2.45, 2.75) is 38.0 Å². The average molecular weight is 372 g/mol. The first-order valence-corrected chi connectivity index (χ1v) is 9.72. The third kappa shape index (κ3) is 6.23. The van der Waals surface area contributed by atoms with E-state index in [4.69, 9.17) is 4.74 Å². The molecule has 0 heterocycles. The Bertz CT molecular complexity index is 743. The summed E-state index contributed by atoms with van der Waals surface area (Å²) in [7, 11) is 0. The number of rotatable bonds is 8. The van der Waals surface area contributed by atoms with Crippen molar-refractivity contribution in [2.24, 2.45) is 0 Å².